The second-order valence-electron chi connectivity index (χ2n) is 5.67. The molecule has 2 heteroatoms. The minimum atomic E-state index is 0.397. The van der Waals surface area contributed by atoms with Crippen LogP contribution in [-0.2, 0) is 19.3 Å². The molecular weight excluding hydrogens is 262 g/mol. The number of fused-ring (bicyclic) bond motifs is 1. The summed E-state index contributed by atoms with van der Waals surface area (Å²) < 4.78 is 0. The van der Waals surface area contributed by atoms with E-state index in [9.17, 15) is 0 Å². The topological polar surface area (TPSA) is 12.0 Å². The van der Waals surface area contributed by atoms with E-state index in [1.807, 2.05) is 11.3 Å². The Balaban J connectivity index is 1.80. The maximum absolute atomic E-state index is 3.73. The van der Waals surface area contributed by atoms with Crippen LogP contribution in [0.15, 0.2) is 30.3 Å². The molecule has 0 radical (unpaired) electrons. The summed E-state index contributed by atoms with van der Waals surface area (Å²) in [5, 5.41) is 3.73. The molecule has 1 atom stereocenters. The zero-order valence-corrected chi connectivity index (χ0v) is 13.2. The minimum Gasteiger partial charge on any atom is -0.377 e. The van der Waals surface area contributed by atoms with E-state index in [1.54, 1.807) is 11.1 Å². The second kappa shape index (κ2) is 6.01. The van der Waals surface area contributed by atoms with Crippen LogP contribution in [0.1, 0.15) is 53.6 Å². The molecule has 1 aliphatic rings. The number of hydrogen-bond donors (Lipinski definition) is 1. The van der Waals surface area contributed by atoms with Gasteiger partial charge in [-0.25, -0.2) is 0 Å². The summed E-state index contributed by atoms with van der Waals surface area (Å²) in [7, 11) is 0. The van der Waals surface area contributed by atoms with Crippen LogP contribution in [0.4, 0.5) is 5.69 Å². The van der Waals surface area contributed by atoms with Crippen molar-refractivity contribution in [2.45, 2.75) is 52.0 Å². The third-order valence-electron chi connectivity index (χ3n) is 4.23. The van der Waals surface area contributed by atoms with Gasteiger partial charge in [0.25, 0.3) is 0 Å². The van der Waals surface area contributed by atoms with Crippen LogP contribution in [0.25, 0.3) is 0 Å². The molecule has 2 aromatic rings. The summed E-state index contributed by atoms with van der Waals surface area (Å²) in [5.41, 5.74) is 4.45. The van der Waals surface area contributed by atoms with Gasteiger partial charge < -0.3 is 5.32 Å². The summed E-state index contributed by atoms with van der Waals surface area (Å²) in [4.78, 5) is 2.92. The molecule has 1 N–H and O–H groups in total. The third kappa shape index (κ3) is 2.76. The molecule has 0 spiro atoms. The molecule has 1 unspecified atom stereocenters. The number of benzene rings is 1. The molecule has 20 heavy (non-hydrogen) atoms. The van der Waals surface area contributed by atoms with E-state index in [4.69, 9.17) is 0 Å². The van der Waals surface area contributed by atoms with Gasteiger partial charge in [-0.3, -0.25) is 0 Å². The van der Waals surface area contributed by atoms with E-state index >= 15 is 0 Å². The van der Waals surface area contributed by atoms with Gasteiger partial charge in [-0.2, -0.15) is 0 Å². The summed E-state index contributed by atoms with van der Waals surface area (Å²) in [5.74, 6) is 0. The van der Waals surface area contributed by atoms with Crippen LogP contribution in [-0.4, -0.2) is 0 Å². The van der Waals surface area contributed by atoms with Crippen LogP contribution in [0, 0.1) is 0 Å². The molecule has 1 aromatic carbocycles. The van der Waals surface area contributed by atoms with E-state index in [0.29, 0.717) is 6.04 Å². The lowest BCUT2D eigenvalue weighted by Crippen LogP contribution is -2.11. The van der Waals surface area contributed by atoms with Crippen molar-refractivity contribution in [2.75, 3.05) is 5.32 Å². The Morgan fingerprint density at radius 2 is 2.00 bits per heavy atom. The van der Waals surface area contributed by atoms with Gasteiger partial charge in [0.2, 0.25) is 0 Å². The molecular formula is C18H23NS. The van der Waals surface area contributed by atoms with E-state index in [-0.39, 0.29) is 0 Å². The van der Waals surface area contributed by atoms with Crippen LogP contribution in [0.2, 0.25) is 0 Å². The predicted molar refractivity (Wildman–Crippen MR) is 88.8 cm³/mol. The normalized spacial score (nSPS) is 15.7. The average molecular weight is 285 g/mol. The molecule has 106 valence electrons. The van der Waals surface area contributed by atoms with Gasteiger partial charge in [-0.15, -0.1) is 11.3 Å². The molecule has 0 saturated heterocycles. The lowest BCUT2D eigenvalue weighted by atomic mass is 9.90. The van der Waals surface area contributed by atoms with Crippen molar-refractivity contribution >= 4 is 17.0 Å². The number of nitrogens with one attached hydrogen (secondary N) is 1. The van der Waals surface area contributed by atoms with Crippen molar-refractivity contribution in [1.82, 2.24) is 0 Å². The van der Waals surface area contributed by atoms with Crippen LogP contribution < -0.4 is 5.32 Å². The lowest BCUT2D eigenvalue weighted by molar-refractivity contribution is 0.685. The first-order valence-corrected chi connectivity index (χ1v) is 8.55. The maximum Gasteiger partial charge on any atom is 0.0578 e. The van der Waals surface area contributed by atoms with Crippen LogP contribution >= 0.6 is 11.3 Å². The second-order valence-corrected chi connectivity index (χ2v) is 6.87. The fourth-order valence-electron chi connectivity index (χ4n) is 3.04. The molecule has 3 rings (SSSR count). The highest BCUT2D eigenvalue weighted by Gasteiger charge is 2.15. The fourth-order valence-corrected chi connectivity index (χ4v) is 3.99. The fraction of sp³-hybridized carbons (Fsp3) is 0.444. The van der Waals surface area contributed by atoms with Gasteiger partial charge >= 0.3 is 0 Å². The van der Waals surface area contributed by atoms with Crippen molar-refractivity contribution in [3.05, 3.63) is 51.2 Å². The van der Waals surface area contributed by atoms with E-state index < -0.39 is 0 Å². The largest absolute Gasteiger partial charge is 0.377 e. The van der Waals surface area contributed by atoms with Gasteiger partial charge in [0.05, 0.1) is 6.04 Å². The van der Waals surface area contributed by atoms with Crippen LogP contribution in [0.5, 0.6) is 0 Å². The zero-order chi connectivity index (χ0) is 13.9. The quantitative estimate of drug-likeness (QED) is 0.797. The molecule has 0 saturated carbocycles. The number of thiophene rings is 1. The van der Waals surface area contributed by atoms with Crippen molar-refractivity contribution in [1.29, 1.82) is 0 Å². The highest BCUT2D eigenvalue weighted by atomic mass is 32.1. The highest BCUT2D eigenvalue weighted by Crippen LogP contribution is 2.32. The Morgan fingerprint density at radius 1 is 1.15 bits per heavy atom. The SMILES string of the molecule is CCc1ccc(C(C)Nc2cccc3c2CCCC3)s1. The van der Waals surface area contributed by atoms with Gasteiger partial charge in [-0.1, -0.05) is 19.1 Å². The van der Waals surface area contributed by atoms with Crippen molar-refractivity contribution in [3.8, 4) is 0 Å². The first-order valence-electron chi connectivity index (χ1n) is 7.74. The predicted octanol–water partition coefficient (Wildman–Crippen LogP) is 5.36. The summed E-state index contributed by atoms with van der Waals surface area (Å²) in [6, 6.07) is 11.7. The molecule has 0 fully saturated rings. The number of anilines is 1. The first-order chi connectivity index (χ1) is 9.78. The third-order valence-corrected chi connectivity index (χ3v) is 5.64. The van der Waals surface area contributed by atoms with Gasteiger partial charge in [0.15, 0.2) is 0 Å². The Hall–Kier alpha value is -1.28. The Labute approximate surface area is 126 Å². The average Bonchev–Trinajstić information content (AvgIpc) is 2.97. The highest BCUT2D eigenvalue weighted by molar-refractivity contribution is 7.12. The molecule has 0 aliphatic heterocycles. The van der Waals surface area contributed by atoms with Crippen molar-refractivity contribution in [3.63, 3.8) is 0 Å². The smallest absolute Gasteiger partial charge is 0.0578 e. The molecule has 1 nitrogen and oxygen atoms in total. The number of hydrogen-bond acceptors (Lipinski definition) is 2. The van der Waals surface area contributed by atoms with Crippen molar-refractivity contribution in [2.24, 2.45) is 0 Å². The number of aryl methyl sites for hydroxylation is 2. The molecule has 1 aliphatic carbocycles. The molecule has 1 aromatic heterocycles. The standard InChI is InChI=1S/C18H23NS/c1-3-15-11-12-18(20-15)13(2)19-17-10-6-8-14-7-4-5-9-16(14)17/h6,8,10-13,19H,3-5,7,9H2,1-2H3. The maximum atomic E-state index is 3.73. The zero-order valence-electron chi connectivity index (χ0n) is 12.4. The molecule has 1 heterocycles. The number of rotatable bonds is 4. The van der Waals surface area contributed by atoms with Gasteiger partial charge in [0, 0.05) is 15.4 Å². The van der Waals surface area contributed by atoms with E-state index in [2.05, 4.69) is 49.5 Å². The van der Waals surface area contributed by atoms with Crippen LogP contribution in [0.3, 0.4) is 0 Å². The summed E-state index contributed by atoms with van der Waals surface area (Å²) >= 11 is 1.94. The Bertz CT molecular complexity index is 585. The lowest BCUT2D eigenvalue weighted by Gasteiger charge is -2.22. The first kappa shape index (κ1) is 13.7. The van der Waals surface area contributed by atoms with Gasteiger partial charge in [0.1, 0.15) is 0 Å². The Kier molecular flexibility index (Phi) is 4.11. The van der Waals surface area contributed by atoms with E-state index in [1.165, 1.54) is 41.1 Å². The monoisotopic (exact) mass is 285 g/mol. The van der Waals surface area contributed by atoms with E-state index in [0.717, 1.165) is 6.42 Å². The minimum absolute atomic E-state index is 0.397. The summed E-state index contributed by atoms with van der Waals surface area (Å²) in [6.45, 7) is 4.49. The molecule has 0 bridgehead atoms. The van der Waals surface area contributed by atoms with Crippen molar-refractivity contribution < 1.29 is 0 Å². The Morgan fingerprint density at radius 3 is 2.80 bits per heavy atom. The summed E-state index contributed by atoms with van der Waals surface area (Å²) in [6.07, 6.45) is 6.29. The van der Waals surface area contributed by atoms with Gasteiger partial charge in [-0.05, 0) is 68.4 Å². The molecule has 0 amide bonds.